The van der Waals surface area contributed by atoms with Crippen molar-refractivity contribution in [1.29, 1.82) is 0 Å². The van der Waals surface area contributed by atoms with Crippen LogP contribution in [0.1, 0.15) is 38.2 Å². The molecule has 0 spiro atoms. The van der Waals surface area contributed by atoms with E-state index >= 15 is 0 Å². The highest BCUT2D eigenvalue weighted by atomic mass is 19.1. The normalized spacial score (nSPS) is 13.5. The topological polar surface area (TPSA) is 97.3 Å². The summed E-state index contributed by atoms with van der Waals surface area (Å²) in [4.78, 5) is 18.5. The average molecular weight is 490 g/mol. The summed E-state index contributed by atoms with van der Waals surface area (Å²) in [7, 11) is 0. The fourth-order valence-electron chi connectivity index (χ4n) is 3.94. The minimum absolute atomic E-state index is 0.0748. The summed E-state index contributed by atoms with van der Waals surface area (Å²) in [6.45, 7) is 4.16. The third-order valence-corrected chi connectivity index (χ3v) is 5.53. The zero-order valence-electron chi connectivity index (χ0n) is 20.0. The van der Waals surface area contributed by atoms with Gasteiger partial charge in [-0.15, -0.1) is 0 Å². The second-order valence-corrected chi connectivity index (χ2v) is 9.37. The Morgan fingerprint density at radius 1 is 1.17 bits per heavy atom. The number of amides is 1. The van der Waals surface area contributed by atoms with E-state index in [9.17, 15) is 23.1 Å². The highest BCUT2D eigenvalue weighted by Crippen LogP contribution is 2.39. The molecule has 0 bridgehead atoms. The monoisotopic (exact) mass is 489 g/mol. The number of alkyl halides is 1. The molecular formula is C25H30F3N5O2. The Labute approximate surface area is 202 Å². The predicted molar refractivity (Wildman–Crippen MR) is 126 cm³/mol. The van der Waals surface area contributed by atoms with Crippen LogP contribution in [0.25, 0.3) is 11.4 Å². The first-order chi connectivity index (χ1) is 16.5. The van der Waals surface area contributed by atoms with Crippen molar-refractivity contribution >= 4 is 5.91 Å². The van der Waals surface area contributed by atoms with Gasteiger partial charge in [0, 0.05) is 6.54 Å². The van der Waals surface area contributed by atoms with Gasteiger partial charge in [-0.2, -0.15) is 5.10 Å². The summed E-state index contributed by atoms with van der Waals surface area (Å²) in [5.41, 5.74) is 5.46. The van der Waals surface area contributed by atoms with Crippen LogP contribution in [-0.4, -0.2) is 56.5 Å². The second-order valence-electron chi connectivity index (χ2n) is 9.37. The maximum Gasteiger partial charge on any atom is 0.249 e. The van der Waals surface area contributed by atoms with E-state index < -0.39 is 41.8 Å². The molecule has 7 nitrogen and oxygen atoms in total. The summed E-state index contributed by atoms with van der Waals surface area (Å²) in [5.74, 6) is -1.92. The lowest BCUT2D eigenvalue weighted by molar-refractivity contribution is -0.140. The Bertz CT molecular complexity index is 1150. The molecule has 3 aromatic rings. The molecule has 10 heteroatoms. The third kappa shape index (κ3) is 6.26. The van der Waals surface area contributed by atoms with Gasteiger partial charge in [0.1, 0.15) is 24.4 Å². The SMILES string of the molecule is CC(C)(C)[C@H](c1nc(-c2cc(F)ccc2F)nn1Cc1ccccc1)N(C[C@@H](F)CN)C(=O)CO. The van der Waals surface area contributed by atoms with Crippen LogP contribution in [0, 0.1) is 17.0 Å². The van der Waals surface area contributed by atoms with Crippen LogP contribution in [0.5, 0.6) is 0 Å². The van der Waals surface area contributed by atoms with Gasteiger partial charge in [0.25, 0.3) is 0 Å². The van der Waals surface area contributed by atoms with Gasteiger partial charge in [-0.1, -0.05) is 51.1 Å². The molecule has 0 fully saturated rings. The highest BCUT2D eigenvalue weighted by molar-refractivity contribution is 5.77. The molecule has 0 saturated heterocycles. The van der Waals surface area contributed by atoms with Crippen molar-refractivity contribution < 1.29 is 23.1 Å². The van der Waals surface area contributed by atoms with Gasteiger partial charge < -0.3 is 15.7 Å². The Hall–Kier alpha value is -3.24. The number of carbonyl (C=O) groups excluding carboxylic acids is 1. The minimum Gasteiger partial charge on any atom is -0.387 e. The smallest absolute Gasteiger partial charge is 0.249 e. The number of hydrogen-bond donors (Lipinski definition) is 2. The number of hydrogen-bond acceptors (Lipinski definition) is 5. The van der Waals surface area contributed by atoms with Crippen LogP contribution in [-0.2, 0) is 11.3 Å². The van der Waals surface area contributed by atoms with Gasteiger partial charge in [-0.25, -0.2) is 22.8 Å². The van der Waals surface area contributed by atoms with E-state index in [-0.39, 0.29) is 36.8 Å². The predicted octanol–water partition coefficient (Wildman–Crippen LogP) is 3.48. The van der Waals surface area contributed by atoms with Crippen LogP contribution in [0.3, 0.4) is 0 Å². The maximum absolute atomic E-state index is 14.6. The van der Waals surface area contributed by atoms with Crippen LogP contribution in [0.4, 0.5) is 13.2 Å². The molecule has 3 N–H and O–H groups in total. The van der Waals surface area contributed by atoms with E-state index in [4.69, 9.17) is 5.73 Å². The van der Waals surface area contributed by atoms with Crippen molar-refractivity contribution in [2.24, 2.45) is 11.1 Å². The summed E-state index contributed by atoms with van der Waals surface area (Å²) in [5, 5.41) is 14.1. The van der Waals surface area contributed by atoms with E-state index in [2.05, 4.69) is 10.1 Å². The molecule has 1 amide bonds. The standard InChI is InChI=1S/C25H30F3N5O2/c1-25(2,3)22(32(21(35)15-34)14-18(27)12-29)24-30-23(19-11-17(26)9-10-20(19)28)31-33(24)13-16-7-5-4-6-8-16/h4-11,18,22,34H,12-15,29H2,1-3H3/t18-,22-/m0/s1. The lowest BCUT2D eigenvalue weighted by atomic mass is 9.84. The summed E-state index contributed by atoms with van der Waals surface area (Å²) in [6, 6.07) is 11.4. The van der Waals surface area contributed by atoms with Crippen molar-refractivity contribution in [3.63, 3.8) is 0 Å². The molecule has 0 saturated carbocycles. The first-order valence-electron chi connectivity index (χ1n) is 11.2. The van der Waals surface area contributed by atoms with Crippen LogP contribution in [0.2, 0.25) is 0 Å². The molecule has 35 heavy (non-hydrogen) atoms. The van der Waals surface area contributed by atoms with Gasteiger partial charge in [0.2, 0.25) is 5.91 Å². The van der Waals surface area contributed by atoms with E-state index in [0.29, 0.717) is 0 Å². The van der Waals surface area contributed by atoms with E-state index in [1.54, 1.807) is 0 Å². The zero-order valence-corrected chi connectivity index (χ0v) is 20.0. The molecule has 2 atom stereocenters. The Balaban J connectivity index is 2.22. The molecule has 2 aromatic carbocycles. The van der Waals surface area contributed by atoms with E-state index in [1.807, 2.05) is 51.1 Å². The molecule has 0 aliphatic carbocycles. The molecule has 0 aliphatic heterocycles. The highest BCUT2D eigenvalue weighted by Gasteiger charge is 2.39. The van der Waals surface area contributed by atoms with E-state index in [0.717, 1.165) is 23.8 Å². The number of aromatic nitrogens is 3. The van der Waals surface area contributed by atoms with Crippen molar-refractivity contribution in [3.8, 4) is 11.4 Å². The maximum atomic E-state index is 14.6. The number of rotatable bonds is 9. The Morgan fingerprint density at radius 3 is 2.46 bits per heavy atom. The third-order valence-electron chi connectivity index (χ3n) is 5.53. The van der Waals surface area contributed by atoms with Gasteiger partial charge >= 0.3 is 0 Å². The lowest BCUT2D eigenvalue weighted by Crippen LogP contribution is -2.47. The summed E-state index contributed by atoms with van der Waals surface area (Å²) in [6.07, 6.45) is -1.54. The van der Waals surface area contributed by atoms with Crippen LogP contribution in [0.15, 0.2) is 48.5 Å². The molecule has 0 radical (unpaired) electrons. The van der Waals surface area contributed by atoms with Gasteiger partial charge in [-0.3, -0.25) is 4.79 Å². The molecule has 188 valence electrons. The molecule has 1 heterocycles. The fraction of sp³-hybridized carbons (Fsp3) is 0.400. The largest absolute Gasteiger partial charge is 0.387 e. The number of halogens is 3. The van der Waals surface area contributed by atoms with E-state index in [1.165, 1.54) is 9.58 Å². The Morgan fingerprint density at radius 2 is 1.86 bits per heavy atom. The minimum atomic E-state index is -1.54. The quantitative estimate of drug-likeness (QED) is 0.480. The second kappa shape index (κ2) is 11.0. The number of aliphatic hydroxyl groups is 1. The Kier molecular flexibility index (Phi) is 8.29. The molecule has 1 aromatic heterocycles. The zero-order chi connectivity index (χ0) is 25.8. The number of nitrogens with two attached hydrogens (primary N) is 1. The van der Waals surface area contributed by atoms with Crippen LogP contribution < -0.4 is 5.73 Å². The lowest BCUT2D eigenvalue weighted by Gasteiger charge is -2.39. The van der Waals surface area contributed by atoms with Gasteiger partial charge in [0.15, 0.2) is 11.6 Å². The van der Waals surface area contributed by atoms with Crippen molar-refractivity contribution in [1.82, 2.24) is 19.7 Å². The van der Waals surface area contributed by atoms with Crippen molar-refractivity contribution in [3.05, 3.63) is 71.6 Å². The van der Waals surface area contributed by atoms with Gasteiger partial charge in [0.05, 0.1) is 24.7 Å². The summed E-state index contributed by atoms with van der Waals surface area (Å²) >= 11 is 0. The molecule has 3 rings (SSSR count). The first kappa shape index (κ1) is 26.4. The van der Waals surface area contributed by atoms with Crippen LogP contribution >= 0.6 is 0 Å². The number of carbonyl (C=O) groups is 1. The first-order valence-corrected chi connectivity index (χ1v) is 11.2. The molecule has 0 unspecified atom stereocenters. The van der Waals surface area contributed by atoms with Gasteiger partial charge in [-0.05, 0) is 29.2 Å². The summed E-state index contributed by atoms with van der Waals surface area (Å²) < 4.78 is 44.5. The van der Waals surface area contributed by atoms with Crippen molar-refractivity contribution in [2.45, 2.75) is 39.5 Å². The molecular weight excluding hydrogens is 459 g/mol. The number of aliphatic hydroxyl groups excluding tert-OH is 1. The average Bonchev–Trinajstić information content (AvgIpc) is 3.21. The molecule has 0 aliphatic rings. The number of nitrogens with zero attached hydrogens (tertiary/aromatic N) is 4. The van der Waals surface area contributed by atoms with Crippen molar-refractivity contribution in [2.75, 3.05) is 19.7 Å². The number of benzene rings is 2. The fourth-order valence-corrected chi connectivity index (χ4v) is 3.94.